The molecule has 0 amide bonds. The van der Waals surface area contributed by atoms with Gasteiger partial charge in [-0.2, -0.15) is 0 Å². The SMILES string of the molecule is C=C/C(C)=C\C(=C/C)OCCCN1Cc2ccccc2C1.CC.CN. The van der Waals surface area contributed by atoms with Gasteiger partial charge in [-0.3, -0.25) is 4.90 Å². The lowest BCUT2D eigenvalue weighted by molar-refractivity contribution is 0.190. The van der Waals surface area contributed by atoms with Crippen LogP contribution in [-0.4, -0.2) is 25.1 Å². The summed E-state index contributed by atoms with van der Waals surface area (Å²) in [5.41, 5.74) is 8.56. The van der Waals surface area contributed by atoms with E-state index >= 15 is 0 Å². The molecular weight excluding hydrogens is 308 g/mol. The molecule has 1 aromatic rings. The minimum absolute atomic E-state index is 0.757. The van der Waals surface area contributed by atoms with E-state index in [0.717, 1.165) is 44.0 Å². The maximum absolute atomic E-state index is 5.81. The summed E-state index contributed by atoms with van der Waals surface area (Å²) >= 11 is 0. The van der Waals surface area contributed by atoms with E-state index in [2.05, 4.69) is 41.5 Å². The fourth-order valence-electron chi connectivity index (χ4n) is 2.53. The zero-order chi connectivity index (χ0) is 19.1. The summed E-state index contributed by atoms with van der Waals surface area (Å²) in [6.07, 6.45) is 6.91. The van der Waals surface area contributed by atoms with Crippen molar-refractivity contribution in [3.05, 3.63) is 71.5 Å². The topological polar surface area (TPSA) is 38.5 Å². The predicted octanol–water partition coefficient (Wildman–Crippen LogP) is 5.05. The molecule has 140 valence electrons. The van der Waals surface area contributed by atoms with E-state index in [9.17, 15) is 0 Å². The van der Waals surface area contributed by atoms with Gasteiger partial charge < -0.3 is 10.5 Å². The number of nitrogens with zero attached hydrogens (tertiary/aromatic N) is 1. The van der Waals surface area contributed by atoms with Crippen LogP contribution in [0.5, 0.6) is 0 Å². The summed E-state index contributed by atoms with van der Waals surface area (Å²) in [6.45, 7) is 15.8. The Hall–Kier alpha value is -1.84. The molecule has 0 saturated carbocycles. The number of allylic oxidation sites excluding steroid dienone is 4. The molecule has 0 radical (unpaired) electrons. The normalized spacial score (nSPS) is 13.8. The Balaban J connectivity index is 0.00000134. The summed E-state index contributed by atoms with van der Waals surface area (Å²) in [4.78, 5) is 2.48. The van der Waals surface area contributed by atoms with E-state index in [4.69, 9.17) is 4.74 Å². The van der Waals surface area contributed by atoms with Crippen LogP contribution in [0.25, 0.3) is 0 Å². The smallest absolute Gasteiger partial charge is 0.115 e. The average Bonchev–Trinajstić information content (AvgIpc) is 3.10. The van der Waals surface area contributed by atoms with Crippen LogP contribution in [0.3, 0.4) is 0 Å². The van der Waals surface area contributed by atoms with Gasteiger partial charge in [0.25, 0.3) is 0 Å². The highest BCUT2D eigenvalue weighted by atomic mass is 16.5. The van der Waals surface area contributed by atoms with Gasteiger partial charge in [0.15, 0.2) is 0 Å². The van der Waals surface area contributed by atoms with Gasteiger partial charge in [0.05, 0.1) is 6.61 Å². The number of rotatable bonds is 7. The van der Waals surface area contributed by atoms with Crippen molar-refractivity contribution in [2.45, 2.75) is 47.2 Å². The number of ether oxygens (including phenoxy) is 1. The van der Waals surface area contributed by atoms with Crippen molar-refractivity contribution < 1.29 is 4.74 Å². The van der Waals surface area contributed by atoms with Crippen LogP contribution < -0.4 is 5.73 Å². The molecule has 3 nitrogen and oxygen atoms in total. The summed E-state index contributed by atoms with van der Waals surface area (Å²) in [5, 5.41) is 0. The number of fused-ring (bicyclic) bond motifs is 1. The van der Waals surface area contributed by atoms with Crippen molar-refractivity contribution in [2.24, 2.45) is 5.73 Å². The largest absolute Gasteiger partial charge is 0.494 e. The quantitative estimate of drug-likeness (QED) is 0.427. The second-order valence-electron chi connectivity index (χ2n) is 5.46. The van der Waals surface area contributed by atoms with Crippen molar-refractivity contribution in [3.8, 4) is 0 Å². The van der Waals surface area contributed by atoms with E-state index in [1.165, 1.54) is 18.2 Å². The molecule has 25 heavy (non-hydrogen) atoms. The second kappa shape index (κ2) is 14.5. The molecule has 1 aromatic carbocycles. The third kappa shape index (κ3) is 8.71. The Kier molecular flexibility index (Phi) is 13.4. The molecule has 2 N–H and O–H groups in total. The van der Waals surface area contributed by atoms with Crippen LogP contribution in [0.2, 0.25) is 0 Å². The van der Waals surface area contributed by atoms with Crippen LogP contribution in [-0.2, 0) is 17.8 Å². The van der Waals surface area contributed by atoms with Gasteiger partial charge in [0.2, 0.25) is 0 Å². The molecule has 2 rings (SSSR count). The lowest BCUT2D eigenvalue weighted by Crippen LogP contribution is -2.18. The minimum atomic E-state index is 0.757. The van der Waals surface area contributed by atoms with Crippen molar-refractivity contribution in [1.82, 2.24) is 4.90 Å². The van der Waals surface area contributed by atoms with Crippen LogP contribution >= 0.6 is 0 Å². The maximum atomic E-state index is 5.81. The van der Waals surface area contributed by atoms with Crippen molar-refractivity contribution in [2.75, 3.05) is 20.2 Å². The first-order chi connectivity index (χ1) is 12.2. The van der Waals surface area contributed by atoms with E-state index < -0.39 is 0 Å². The predicted molar refractivity (Wildman–Crippen MR) is 110 cm³/mol. The number of benzene rings is 1. The Bertz CT molecular complexity index is 522. The molecule has 0 fully saturated rings. The summed E-state index contributed by atoms with van der Waals surface area (Å²) < 4.78 is 5.81. The molecule has 3 heteroatoms. The standard InChI is InChI=1S/C19H25NO.C2H6.CH5N/c1-4-16(3)13-19(5-2)21-12-8-11-20-14-17-9-6-7-10-18(17)15-20;2*1-2/h4-7,9-10,13H,1,8,11-12,14-15H2,2-3H3;1-2H3;2H2,1H3/b16-13-,19-5+;;. The van der Waals surface area contributed by atoms with Crippen LogP contribution in [0, 0.1) is 0 Å². The van der Waals surface area contributed by atoms with Crippen molar-refractivity contribution in [1.29, 1.82) is 0 Å². The molecule has 0 spiro atoms. The Labute approximate surface area is 154 Å². The molecule has 1 aliphatic heterocycles. The van der Waals surface area contributed by atoms with Crippen LogP contribution in [0.4, 0.5) is 0 Å². The van der Waals surface area contributed by atoms with Crippen molar-refractivity contribution in [3.63, 3.8) is 0 Å². The highest BCUT2D eigenvalue weighted by molar-refractivity contribution is 5.30. The second-order valence-corrected chi connectivity index (χ2v) is 5.46. The first-order valence-corrected chi connectivity index (χ1v) is 9.19. The van der Waals surface area contributed by atoms with Gasteiger partial charge in [0.1, 0.15) is 5.76 Å². The third-order valence-electron chi connectivity index (χ3n) is 3.77. The Morgan fingerprint density at radius 2 is 1.76 bits per heavy atom. The monoisotopic (exact) mass is 344 g/mol. The Morgan fingerprint density at radius 1 is 1.20 bits per heavy atom. The fraction of sp³-hybridized carbons (Fsp3) is 0.455. The van der Waals surface area contributed by atoms with E-state index in [1.807, 2.05) is 45.9 Å². The summed E-state index contributed by atoms with van der Waals surface area (Å²) in [6, 6.07) is 8.70. The zero-order valence-corrected chi connectivity index (χ0v) is 16.7. The molecule has 1 heterocycles. The molecule has 0 aromatic heterocycles. The number of hydrogen-bond donors (Lipinski definition) is 1. The van der Waals surface area contributed by atoms with E-state index in [1.54, 1.807) is 0 Å². The highest BCUT2D eigenvalue weighted by Crippen LogP contribution is 2.22. The van der Waals surface area contributed by atoms with Gasteiger partial charge in [-0.25, -0.2) is 0 Å². The van der Waals surface area contributed by atoms with Crippen LogP contribution in [0.15, 0.2) is 60.4 Å². The van der Waals surface area contributed by atoms with Gasteiger partial charge in [-0.05, 0) is 56.2 Å². The fourth-order valence-corrected chi connectivity index (χ4v) is 2.53. The summed E-state index contributed by atoms with van der Waals surface area (Å²) in [5.74, 6) is 0.928. The highest BCUT2D eigenvalue weighted by Gasteiger charge is 2.17. The molecular formula is C22H36N2O. The molecule has 0 bridgehead atoms. The van der Waals surface area contributed by atoms with Gasteiger partial charge >= 0.3 is 0 Å². The number of nitrogens with two attached hydrogens (primary N) is 1. The molecule has 0 aliphatic carbocycles. The lowest BCUT2D eigenvalue weighted by Gasteiger charge is -2.15. The van der Waals surface area contributed by atoms with E-state index in [0.29, 0.717) is 0 Å². The van der Waals surface area contributed by atoms with Crippen molar-refractivity contribution >= 4 is 0 Å². The molecule has 0 saturated heterocycles. The van der Waals surface area contributed by atoms with Gasteiger partial charge in [0, 0.05) is 19.6 Å². The minimum Gasteiger partial charge on any atom is -0.494 e. The first-order valence-electron chi connectivity index (χ1n) is 9.19. The third-order valence-corrected chi connectivity index (χ3v) is 3.77. The van der Waals surface area contributed by atoms with Gasteiger partial charge in [-0.1, -0.05) is 50.8 Å². The molecule has 0 unspecified atom stereocenters. The molecule has 0 atom stereocenters. The Morgan fingerprint density at radius 3 is 2.24 bits per heavy atom. The van der Waals surface area contributed by atoms with Gasteiger partial charge in [-0.15, -0.1) is 0 Å². The van der Waals surface area contributed by atoms with E-state index in [-0.39, 0.29) is 0 Å². The van der Waals surface area contributed by atoms with Crippen LogP contribution in [0.1, 0.15) is 45.2 Å². The number of hydrogen-bond acceptors (Lipinski definition) is 3. The summed E-state index contributed by atoms with van der Waals surface area (Å²) in [7, 11) is 1.50. The zero-order valence-electron chi connectivity index (χ0n) is 16.7. The lowest BCUT2D eigenvalue weighted by atomic mass is 10.1. The average molecular weight is 345 g/mol. The molecule has 1 aliphatic rings. The maximum Gasteiger partial charge on any atom is 0.115 e. The first kappa shape index (κ1) is 23.2.